The standard InChI is InChI=1S/C14H13NO4S2/c16-10-5-2-1-4-9(10)8-11-13(19)15(14(20)21-11)7-3-6-12(17)18/h1-2,4-5,8,16H,3,6-7H2,(H,17,18)/b11-8-. The van der Waals surface area contributed by atoms with E-state index in [1.807, 2.05) is 0 Å². The highest BCUT2D eigenvalue weighted by Gasteiger charge is 2.31. The predicted molar refractivity (Wildman–Crippen MR) is 84.9 cm³/mol. The third kappa shape index (κ3) is 3.83. The number of aliphatic carboxylic acids is 1. The van der Waals surface area contributed by atoms with E-state index in [1.54, 1.807) is 30.3 Å². The summed E-state index contributed by atoms with van der Waals surface area (Å²) in [6, 6.07) is 6.70. The van der Waals surface area contributed by atoms with Crippen LogP contribution in [0.15, 0.2) is 29.2 Å². The normalized spacial score (nSPS) is 16.8. The molecule has 0 aromatic heterocycles. The first-order valence-electron chi connectivity index (χ1n) is 6.24. The first kappa shape index (κ1) is 15.5. The Balaban J connectivity index is 2.11. The van der Waals surface area contributed by atoms with Crippen molar-refractivity contribution in [3.05, 3.63) is 34.7 Å². The number of phenols is 1. The molecule has 0 spiro atoms. The number of benzene rings is 1. The number of nitrogens with zero attached hydrogens (tertiary/aromatic N) is 1. The van der Waals surface area contributed by atoms with Crippen molar-refractivity contribution < 1.29 is 19.8 Å². The maximum Gasteiger partial charge on any atom is 0.303 e. The second-order valence-corrected chi connectivity index (χ2v) is 6.07. The van der Waals surface area contributed by atoms with E-state index in [0.29, 0.717) is 21.2 Å². The average molecular weight is 323 g/mol. The quantitative estimate of drug-likeness (QED) is 0.640. The molecule has 0 unspecified atom stereocenters. The molecule has 0 bridgehead atoms. The van der Waals surface area contributed by atoms with Crippen molar-refractivity contribution in [3.63, 3.8) is 0 Å². The van der Waals surface area contributed by atoms with Crippen LogP contribution < -0.4 is 0 Å². The van der Waals surface area contributed by atoms with E-state index < -0.39 is 5.97 Å². The number of phenolic OH excluding ortho intramolecular Hbond substituents is 1. The fourth-order valence-electron chi connectivity index (χ4n) is 1.83. The van der Waals surface area contributed by atoms with Gasteiger partial charge in [0.15, 0.2) is 0 Å². The lowest BCUT2D eigenvalue weighted by molar-refractivity contribution is -0.137. The number of thioether (sulfide) groups is 1. The molecule has 1 aromatic rings. The minimum Gasteiger partial charge on any atom is -0.507 e. The first-order valence-corrected chi connectivity index (χ1v) is 7.46. The number of thiocarbonyl (C=S) groups is 1. The Hall–Kier alpha value is -1.86. The number of amides is 1. The number of carbonyl (C=O) groups excluding carboxylic acids is 1. The van der Waals surface area contributed by atoms with Crippen LogP contribution in [-0.4, -0.2) is 37.9 Å². The lowest BCUT2D eigenvalue weighted by Gasteiger charge is -2.13. The number of carbonyl (C=O) groups is 2. The third-order valence-corrected chi connectivity index (χ3v) is 4.25. The molecule has 0 radical (unpaired) electrons. The van der Waals surface area contributed by atoms with Gasteiger partial charge in [-0.25, -0.2) is 0 Å². The van der Waals surface area contributed by atoms with Crippen molar-refractivity contribution in [2.75, 3.05) is 6.54 Å². The van der Waals surface area contributed by atoms with Gasteiger partial charge in [-0.3, -0.25) is 14.5 Å². The molecule has 2 N–H and O–H groups in total. The molecule has 1 fully saturated rings. The summed E-state index contributed by atoms with van der Waals surface area (Å²) in [6.45, 7) is 0.287. The second kappa shape index (κ2) is 6.73. The molecular weight excluding hydrogens is 310 g/mol. The molecule has 7 heteroatoms. The topological polar surface area (TPSA) is 77.8 Å². The van der Waals surface area contributed by atoms with Gasteiger partial charge in [0.1, 0.15) is 10.1 Å². The Morgan fingerprint density at radius 2 is 2.10 bits per heavy atom. The largest absolute Gasteiger partial charge is 0.507 e. The van der Waals surface area contributed by atoms with Crippen LogP contribution in [0.2, 0.25) is 0 Å². The Bertz CT molecular complexity index is 627. The molecule has 0 aliphatic carbocycles. The second-order valence-electron chi connectivity index (χ2n) is 4.39. The highest BCUT2D eigenvalue weighted by Crippen LogP contribution is 2.34. The van der Waals surface area contributed by atoms with Gasteiger partial charge in [0.2, 0.25) is 0 Å². The monoisotopic (exact) mass is 323 g/mol. The lowest BCUT2D eigenvalue weighted by atomic mass is 10.2. The van der Waals surface area contributed by atoms with Crippen LogP contribution in [0.4, 0.5) is 0 Å². The number of rotatable bonds is 5. The highest BCUT2D eigenvalue weighted by atomic mass is 32.2. The van der Waals surface area contributed by atoms with E-state index in [2.05, 4.69) is 0 Å². The zero-order chi connectivity index (χ0) is 15.4. The molecule has 1 aromatic carbocycles. The van der Waals surface area contributed by atoms with E-state index in [9.17, 15) is 14.7 Å². The summed E-state index contributed by atoms with van der Waals surface area (Å²) >= 11 is 6.29. The van der Waals surface area contributed by atoms with Crippen LogP contribution >= 0.6 is 24.0 Å². The fraction of sp³-hybridized carbons (Fsp3) is 0.214. The van der Waals surface area contributed by atoms with E-state index in [-0.39, 0.29) is 24.6 Å². The third-order valence-electron chi connectivity index (χ3n) is 2.87. The van der Waals surface area contributed by atoms with Gasteiger partial charge in [-0.05, 0) is 18.6 Å². The van der Waals surface area contributed by atoms with E-state index in [1.165, 1.54) is 4.90 Å². The van der Waals surface area contributed by atoms with Gasteiger partial charge in [-0.2, -0.15) is 0 Å². The minimum absolute atomic E-state index is 0.00438. The van der Waals surface area contributed by atoms with E-state index in [4.69, 9.17) is 17.3 Å². The Morgan fingerprint density at radius 1 is 1.38 bits per heavy atom. The molecule has 0 saturated carbocycles. The fourth-order valence-corrected chi connectivity index (χ4v) is 3.13. The average Bonchev–Trinajstić information content (AvgIpc) is 2.68. The van der Waals surface area contributed by atoms with Crippen molar-refractivity contribution in [2.24, 2.45) is 0 Å². The van der Waals surface area contributed by atoms with Gasteiger partial charge in [0.05, 0.1) is 4.91 Å². The highest BCUT2D eigenvalue weighted by molar-refractivity contribution is 8.26. The van der Waals surface area contributed by atoms with Gasteiger partial charge in [0, 0.05) is 18.5 Å². The Kier molecular flexibility index (Phi) is 4.98. The van der Waals surface area contributed by atoms with Crippen LogP contribution in [0, 0.1) is 0 Å². The first-order chi connectivity index (χ1) is 9.99. The van der Waals surface area contributed by atoms with Crippen LogP contribution in [0.1, 0.15) is 18.4 Å². The van der Waals surface area contributed by atoms with Crippen molar-refractivity contribution in [2.45, 2.75) is 12.8 Å². The number of carboxylic acids is 1. The Morgan fingerprint density at radius 3 is 2.76 bits per heavy atom. The number of aromatic hydroxyl groups is 1. The molecule has 1 aliphatic rings. The molecule has 1 saturated heterocycles. The molecule has 5 nitrogen and oxygen atoms in total. The van der Waals surface area contributed by atoms with Gasteiger partial charge in [-0.15, -0.1) is 0 Å². The smallest absolute Gasteiger partial charge is 0.303 e. The number of hydrogen-bond donors (Lipinski definition) is 2. The molecule has 1 aliphatic heterocycles. The minimum atomic E-state index is -0.898. The molecule has 2 rings (SSSR count). The van der Waals surface area contributed by atoms with Gasteiger partial charge in [-0.1, -0.05) is 42.2 Å². The summed E-state index contributed by atoms with van der Waals surface area (Å²) in [6.07, 6.45) is 1.94. The van der Waals surface area contributed by atoms with Crippen LogP contribution in [0.25, 0.3) is 6.08 Å². The summed E-state index contributed by atoms with van der Waals surface area (Å²) < 4.78 is 0.409. The summed E-state index contributed by atoms with van der Waals surface area (Å²) in [5.41, 5.74) is 0.545. The summed E-state index contributed by atoms with van der Waals surface area (Å²) in [5, 5.41) is 18.3. The Labute approximate surface area is 131 Å². The van der Waals surface area contributed by atoms with Crippen molar-refractivity contribution in [3.8, 4) is 5.75 Å². The molecule has 1 heterocycles. The molecule has 21 heavy (non-hydrogen) atoms. The van der Waals surface area contributed by atoms with E-state index >= 15 is 0 Å². The molecule has 110 valence electrons. The van der Waals surface area contributed by atoms with Gasteiger partial charge >= 0.3 is 5.97 Å². The lowest BCUT2D eigenvalue weighted by Crippen LogP contribution is -2.29. The van der Waals surface area contributed by atoms with Crippen molar-refractivity contribution >= 4 is 46.3 Å². The number of hydrogen-bond acceptors (Lipinski definition) is 5. The zero-order valence-corrected chi connectivity index (χ0v) is 12.6. The maximum atomic E-state index is 12.2. The number of para-hydroxylation sites is 1. The molecular formula is C14H13NO4S2. The van der Waals surface area contributed by atoms with Crippen LogP contribution in [0.5, 0.6) is 5.75 Å². The van der Waals surface area contributed by atoms with Crippen molar-refractivity contribution in [1.29, 1.82) is 0 Å². The SMILES string of the molecule is O=C(O)CCCN1C(=O)/C(=C/c2ccccc2O)SC1=S. The maximum absolute atomic E-state index is 12.2. The van der Waals surface area contributed by atoms with Crippen molar-refractivity contribution in [1.82, 2.24) is 4.90 Å². The summed E-state index contributed by atoms with van der Waals surface area (Å²) in [5.74, 6) is -1.06. The zero-order valence-electron chi connectivity index (χ0n) is 11.0. The summed E-state index contributed by atoms with van der Waals surface area (Å²) in [4.78, 5) is 24.6. The predicted octanol–water partition coefficient (Wildman–Crippen LogP) is 2.46. The van der Waals surface area contributed by atoms with Crippen LogP contribution in [-0.2, 0) is 9.59 Å². The number of carboxylic acid groups (broad SMARTS) is 1. The molecule has 1 amide bonds. The van der Waals surface area contributed by atoms with E-state index in [0.717, 1.165) is 11.8 Å². The van der Waals surface area contributed by atoms with Gasteiger partial charge < -0.3 is 10.2 Å². The molecule has 0 atom stereocenters. The van der Waals surface area contributed by atoms with Crippen LogP contribution in [0.3, 0.4) is 0 Å². The summed E-state index contributed by atoms with van der Waals surface area (Å²) in [7, 11) is 0. The van der Waals surface area contributed by atoms with Gasteiger partial charge in [0.25, 0.3) is 5.91 Å².